The van der Waals surface area contributed by atoms with Crippen molar-refractivity contribution < 1.29 is 13.9 Å². The number of benzene rings is 2. The van der Waals surface area contributed by atoms with Crippen molar-refractivity contribution in [2.45, 2.75) is 6.54 Å². The molecule has 3 heterocycles. The second-order valence-corrected chi connectivity index (χ2v) is 6.69. The summed E-state index contributed by atoms with van der Waals surface area (Å²) in [4.78, 5) is 15.9. The zero-order valence-electron chi connectivity index (χ0n) is 15.2. The molecule has 0 bridgehead atoms. The van der Waals surface area contributed by atoms with Crippen molar-refractivity contribution in [3.8, 4) is 5.75 Å². The summed E-state index contributed by atoms with van der Waals surface area (Å²) in [6, 6.07) is 13.9. The minimum atomic E-state index is -0.262. The summed E-state index contributed by atoms with van der Waals surface area (Å²) < 4.78 is 21.1. The van der Waals surface area contributed by atoms with Gasteiger partial charge in [-0.05, 0) is 24.3 Å². The lowest BCUT2D eigenvalue weighted by Crippen LogP contribution is -2.25. The maximum atomic E-state index is 14.0. The molecule has 29 heavy (non-hydrogen) atoms. The smallest absolute Gasteiger partial charge is 0.262 e. The second-order valence-electron chi connectivity index (χ2n) is 6.69. The standard InChI is InChI=1S/C21H16FN5O2/c22-16-4-2-1-3-13(16)11-27-18-8-20(23-9-14(18)10-24-27)25-15-5-6-19-17(7-15)26-21(28)12-29-19/h1-10H,11-12H2,(H,23,25)(H,26,28). The van der Waals surface area contributed by atoms with E-state index >= 15 is 0 Å². The number of fused-ring (bicyclic) bond motifs is 2. The fourth-order valence-corrected chi connectivity index (χ4v) is 3.26. The molecule has 2 N–H and O–H groups in total. The number of amides is 1. The summed E-state index contributed by atoms with van der Waals surface area (Å²) >= 11 is 0. The molecule has 8 heteroatoms. The Morgan fingerprint density at radius 2 is 2.07 bits per heavy atom. The van der Waals surface area contributed by atoms with Gasteiger partial charge in [-0.25, -0.2) is 9.37 Å². The molecule has 0 saturated heterocycles. The molecular weight excluding hydrogens is 373 g/mol. The first-order valence-corrected chi connectivity index (χ1v) is 9.04. The van der Waals surface area contributed by atoms with Gasteiger partial charge in [-0.15, -0.1) is 0 Å². The first kappa shape index (κ1) is 17.2. The van der Waals surface area contributed by atoms with Gasteiger partial charge in [0.1, 0.15) is 17.4 Å². The minimum absolute atomic E-state index is 0.0179. The van der Waals surface area contributed by atoms with Crippen molar-refractivity contribution in [1.29, 1.82) is 0 Å². The first-order chi connectivity index (χ1) is 14.2. The minimum Gasteiger partial charge on any atom is -0.482 e. The highest BCUT2D eigenvalue weighted by molar-refractivity contribution is 5.96. The molecule has 0 spiro atoms. The number of hydrogen-bond acceptors (Lipinski definition) is 5. The highest BCUT2D eigenvalue weighted by atomic mass is 19.1. The van der Waals surface area contributed by atoms with E-state index in [9.17, 15) is 9.18 Å². The normalized spacial score (nSPS) is 12.9. The number of nitrogens with one attached hydrogen (secondary N) is 2. The van der Waals surface area contributed by atoms with Gasteiger partial charge in [-0.2, -0.15) is 5.10 Å². The monoisotopic (exact) mass is 389 g/mol. The lowest BCUT2D eigenvalue weighted by Gasteiger charge is -2.18. The molecule has 0 saturated carbocycles. The van der Waals surface area contributed by atoms with Crippen LogP contribution >= 0.6 is 0 Å². The van der Waals surface area contributed by atoms with Crippen molar-refractivity contribution in [3.63, 3.8) is 0 Å². The van der Waals surface area contributed by atoms with E-state index in [1.807, 2.05) is 12.1 Å². The number of pyridine rings is 1. The van der Waals surface area contributed by atoms with Crippen LogP contribution in [0.2, 0.25) is 0 Å². The van der Waals surface area contributed by atoms with Gasteiger partial charge in [0, 0.05) is 28.9 Å². The molecule has 0 aliphatic carbocycles. The Hall–Kier alpha value is -3.94. The van der Waals surface area contributed by atoms with Gasteiger partial charge in [-0.1, -0.05) is 18.2 Å². The number of aromatic nitrogens is 3. The van der Waals surface area contributed by atoms with Gasteiger partial charge in [0.05, 0.1) is 23.9 Å². The lowest BCUT2D eigenvalue weighted by atomic mass is 10.2. The molecule has 0 fully saturated rings. The summed E-state index contributed by atoms with van der Waals surface area (Å²) in [7, 11) is 0. The van der Waals surface area contributed by atoms with Gasteiger partial charge >= 0.3 is 0 Å². The Morgan fingerprint density at radius 3 is 2.97 bits per heavy atom. The van der Waals surface area contributed by atoms with Crippen LogP contribution in [0.15, 0.2) is 60.9 Å². The van der Waals surface area contributed by atoms with Crippen LogP contribution < -0.4 is 15.4 Å². The fraction of sp³-hybridized carbons (Fsp3) is 0.0952. The van der Waals surface area contributed by atoms with Crippen LogP contribution in [-0.2, 0) is 11.3 Å². The number of rotatable bonds is 4. The maximum absolute atomic E-state index is 14.0. The average Bonchev–Trinajstić information content (AvgIpc) is 3.11. The molecular formula is C21H16FN5O2. The number of hydrogen-bond donors (Lipinski definition) is 2. The maximum Gasteiger partial charge on any atom is 0.262 e. The number of anilines is 3. The molecule has 2 aromatic heterocycles. The Kier molecular flexibility index (Phi) is 4.09. The molecule has 7 nitrogen and oxygen atoms in total. The number of carbonyl (C=O) groups is 1. The summed E-state index contributed by atoms with van der Waals surface area (Å²) in [5.41, 5.74) is 2.76. The van der Waals surface area contributed by atoms with Gasteiger partial charge in [0.2, 0.25) is 0 Å². The van der Waals surface area contributed by atoms with Crippen LogP contribution in [-0.4, -0.2) is 27.3 Å². The summed E-state index contributed by atoms with van der Waals surface area (Å²) in [5, 5.41) is 11.2. The SMILES string of the molecule is O=C1COc2ccc(Nc3cc4c(cn3)cnn4Cc3ccccc3F)cc2N1. The van der Waals surface area contributed by atoms with E-state index in [0.717, 1.165) is 16.6 Å². The largest absolute Gasteiger partial charge is 0.482 e. The summed E-state index contributed by atoms with van der Waals surface area (Å²) in [6.45, 7) is 0.339. The summed E-state index contributed by atoms with van der Waals surface area (Å²) in [5.74, 6) is 0.783. The van der Waals surface area contributed by atoms with Gasteiger partial charge in [-0.3, -0.25) is 9.48 Å². The van der Waals surface area contributed by atoms with Gasteiger partial charge in [0.25, 0.3) is 5.91 Å². The Morgan fingerprint density at radius 1 is 1.17 bits per heavy atom. The molecule has 1 amide bonds. The lowest BCUT2D eigenvalue weighted by molar-refractivity contribution is -0.118. The molecule has 0 atom stereocenters. The predicted molar refractivity (Wildman–Crippen MR) is 107 cm³/mol. The molecule has 144 valence electrons. The van der Waals surface area contributed by atoms with Crippen LogP contribution in [0.4, 0.5) is 21.6 Å². The Bertz CT molecular complexity index is 1240. The Labute approximate surface area is 165 Å². The van der Waals surface area contributed by atoms with Gasteiger partial charge in [0.15, 0.2) is 6.61 Å². The van der Waals surface area contributed by atoms with Crippen molar-refractivity contribution >= 4 is 34.0 Å². The zero-order valence-corrected chi connectivity index (χ0v) is 15.2. The average molecular weight is 389 g/mol. The van der Waals surface area contributed by atoms with Crippen molar-refractivity contribution in [1.82, 2.24) is 14.8 Å². The van der Waals surface area contributed by atoms with Crippen molar-refractivity contribution in [3.05, 3.63) is 72.3 Å². The molecule has 0 radical (unpaired) electrons. The molecule has 0 unspecified atom stereocenters. The second kappa shape index (κ2) is 6.90. The topological polar surface area (TPSA) is 81.1 Å². The van der Waals surface area contributed by atoms with E-state index in [4.69, 9.17) is 4.74 Å². The van der Waals surface area contributed by atoms with E-state index in [0.29, 0.717) is 29.4 Å². The van der Waals surface area contributed by atoms with E-state index < -0.39 is 0 Å². The zero-order chi connectivity index (χ0) is 19.8. The van der Waals surface area contributed by atoms with Crippen LogP contribution in [0.3, 0.4) is 0 Å². The highest BCUT2D eigenvalue weighted by Crippen LogP contribution is 2.31. The molecule has 2 aromatic carbocycles. The van der Waals surface area contributed by atoms with E-state index in [1.54, 1.807) is 47.4 Å². The third-order valence-electron chi connectivity index (χ3n) is 4.69. The quantitative estimate of drug-likeness (QED) is 0.556. The molecule has 4 aromatic rings. The van der Waals surface area contributed by atoms with Crippen LogP contribution in [0.5, 0.6) is 5.75 Å². The van der Waals surface area contributed by atoms with Crippen LogP contribution in [0.25, 0.3) is 10.9 Å². The first-order valence-electron chi connectivity index (χ1n) is 9.04. The highest BCUT2D eigenvalue weighted by Gasteiger charge is 2.16. The molecule has 1 aliphatic rings. The van der Waals surface area contributed by atoms with Crippen molar-refractivity contribution in [2.24, 2.45) is 0 Å². The number of ether oxygens (including phenoxy) is 1. The van der Waals surface area contributed by atoms with Crippen LogP contribution in [0.1, 0.15) is 5.56 Å². The van der Waals surface area contributed by atoms with E-state index in [2.05, 4.69) is 20.7 Å². The third kappa shape index (κ3) is 3.36. The van der Waals surface area contributed by atoms with Gasteiger partial charge < -0.3 is 15.4 Å². The van der Waals surface area contributed by atoms with Crippen LogP contribution in [0, 0.1) is 5.82 Å². The number of halogens is 1. The van der Waals surface area contributed by atoms with E-state index in [-0.39, 0.29) is 18.3 Å². The predicted octanol–water partition coefficient (Wildman–Crippen LogP) is 3.69. The van der Waals surface area contributed by atoms with E-state index in [1.165, 1.54) is 6.07 Å². The Balaban J connectivity index is 1.44. The molecule has 1 aliphatic heterocycles. The fourth-order valence-electron chi connectivity index (χ4n) is 3.26. The summed E-state index contributed by atoms with van der Waals surface area (Å²) in [6.07, 6.45) is 3.42. The third-order valence-corrected chi connectivity index (χ3v) is 4.69. The molecule has 5 rings (SSSR count). The number of nitrogens with zero attached hydrogens (tertiary/aromatic N) is 3. The number of carbonyl (C=O) groups excluding carboxylic acids is 1. The van der Waals surface area contributed by atoms with Crippen molar-refractivity contribution in [2.75, 3.05) is 17.2 Å².